The third kappa shape index (κ3) is 3.07. The number of fused-ring (bicyclic) bond motifs is 1. The van der Waals surface area contributed by atoms with Gasteiger partial charge in [0.1, 0.15) is 4.90 Å². The first-order chi connectivity index (χ1) is 10.0. The SMILES string of the molecule is O=S(=O)(c1cc(CO)sc1Br)N1CCN2CCCCC2C1. The first-order valence-electron chi connectivity index (χ1n) is 7.15. The lowest BCUT2D eigenvalue weighted by Crippen LogP contribution is -2.56. The average molecular weight is 395 g/mol. The van der Waals surface area contributed by atoms with Gasteiger partial charge in [0.25, 0.3) is 0 Å². The van der Waals surface area contributed by atoms with Crippen LogP contribution in [0.2, 0.25) is 0 Å². The van der Waals surface area contributed by atoms with Gasteiger partial charge in [0, 0.05) is 30.6 Å². The molecule has 1 aromatic rings. The molecule has 0 bridgehead atoms. The van der Waals surface area contributed by atoms with Crippen molar-refractivity contribution in [2.24, 2.45) is 0 Å². The Morgan fingerprint density at radius 2 is 2.14 bits per heavy atom. The number of hydrogen-bond donors (Lipinski definition) is 1. The van der Waals surface area contributed by atoms with Crippen LogP contribution in [0.5, 0.6) is 0 Å². The number of nitrogens with zero attached hydrogens (tertiary/aromatic N) is 2. The molecule has 1 atom stereocenters. The van der Waals surface area contributed by atoms with Gasteiger partial charge < -0.3 is 5.11 Å². The minimum Gasteiger partial charge on any atom is -0.391 e. The van der Waals surface area contributed by atoms with Crippen LogP contribution in [0, 0.1) is 0 Å². The van der Waals surface area contributed by atoms with Crippen LogP contribution >= 0.6 is 27.3 Å². The summed E-state index contributed by atoms with van der Waals surface area (Å²) in [4.78, 5) is 3.37. The van der Waals surface area contributed by atoms with Crippen LogP contribution < -0.4 is 0 Å². The third-order valence-electron chi connectivity index (χ3n) is 4.28. The average Bonchev–Trinajstić information content (AvgIpc) is 2.88. The fourth-order valence-electron chi connectivity index (χ4n) is 3.14. The Labute approximate surface area is 137 Å². The number of rotatable bonds is 3. The van der Waals surface area contributed by atoms with Crippen LogP contribution in [0.15, 0.2) is 14.7 Å². The molecule has 2 saturated heterocycles. The molecule has 2 fully saturated rings. The van der Waals surface area contributed by atoms with Crippen LogP contribution in [-0.4, -0.2) is 55.0 Å². The van der Waals surface area contributed by atoms with Gasteiger partial charge in [0.2, 0.25) is 10.0 Å². The summed E-state index contributed by atoms with van der Waals surface area (Å²) in [5.41, 5.74) is 0. The maximum atomic E-state index is 12.8. The minimum atomic E-state index is -3.47. The second-order valence-corrected chi connectivity index (χ2v) is 9.92. The molecule has 2 aliphatic heterocycles. The number of aliphatic hydroxyl groups is 1. The Bertz CT molecular complexity index is 617. The summed E-state index contributed by atoms with van der Waals surface area (Å²) in [6.07, 6.45) is 3.49. The van der Waals surface area contributed by atoms with E-state index in [0.29, 0.717) is 32.7 Å². The Balaban J connectivity index is 1.83. The molecule has 0 spiro atoms. The molecule has 0 saturated carbocycles. The van der Waals surface area contributed by atoms with Gasteiger partial charge in [-0.3, -0.25) is 4.90 Å². The molecule has 1 aromatic heterocycles. The van der Waals surface area contributed by atoms with Crippen LogP contribution in [-0.2, 0) is 16.6 Å². The minimum absolute atomic E-state index is 0.130. The second-order valence-electron chi connectivity index (χ2n) is 5.56. The van der Waals surface area contributed by atoms with E-state index in [4.69, 9.17) is 0 Å². The molecule has 0 aliphatic carbocycles. The summed E-state index contributed by atoms with van der Waals surface area (Å²) in [5, 5.41) is 9.18. The lowest BCUT2D eigenvalue weighted by Gasteiger charge is -2.43. The molecule has 1 unspecified atom stereocenters. The standard InChI is InChI=1S/C13H19BrN2O3S2/c14-13-12(7-11(9-17)20-13)21(18,19)16-6-5-15-4-2-1-3-10(15)8-16/h7,10,17H,1-6,8-9H2. The van der Waals surface area contributed by atoms with Crippen molar-refractivity contribution < 1.29 is 13.5 Å². The first-order valence-corrected chi connectivity index (χ1v) is 10.2. The predicted molar refractivity (Wildman–Crippen MR) is 85.9 cm³/mol. The molecule has 0 amide bonds. The van der Waals surface area contributed by atoms with Gasteiger partial charge in [0.15, 0.2) is 0 Å². The van der Waals surface area contributed by atoms with E-state index >= 15 is 0 Å². The Hall–Kier alpha value is 0.01000. The Morgan fingerprint density at radius 3 is 2.86 bits per heavy atom. The van der Waals surface area contributed by atoms with Crippen molar-refractivity contribution in [3.8, 4) is 0 Å². The van der Waals surface area contributed by atoms with E-state index in [1.807, 2.05) is 0 Å². The zero-order chi connectivity index (χ0) is 15.0. The van der Waals surface area contributed by atoms with Crippen molar-refractivity contribution >= 4 is 37.3 Å². The highest BCUT2D eigenvalue weighted by molar-refractivity contribution is 9.11. The third-order valence-corrected chi connectivity index (χ3v) is 8.38. The molecule has 118 valence electrons. The number of sulfonamides is 1. The summed E-state index contributed by atoms with van der Waals surface area (Å²) < 4.78 is 27.8. The Kier molecular flexibility index (Phi) is 4.73. The van der Waals surface area contributed by atoms with Crippen LogP contribution in [0.3, 0.4) is 0 Å². The zero-order valence-corrected chi connectivity index (χ0v) is 14.9. The van der Waals surface area contributed by atoms with Crippen molar-refractivity contribution in [3.63, 3.8) is 0 Å². The van der Waals surface area contributed by atoms with E-state index in [0.717, 1.165) is 19.5 Å². The van der Waals surface area contributed by atoms with Gasteiger partial charge in [-0.25, -0.2) is 8.42 Å². The number of hydrogen-bond acceptors (Lipinski definition) is 5. The van der Waals surface area contributed by atoms with Crippen LogP contribution in [0.4, 0.5) is 0 Å². The van der Waals surface area contributed by atoms with Crippen LogP contribution in [0.25, 0.3) is 0 Å². The first kappa shape index (κ1) is 15.9. The molecule has 0 aromatic carbocycles. The summed E-state index contributed by atoms with van der Waals surface area (Å²) in [5.74, 6) is 0. The number of thiophene rings is 1. The van der Waals surface area contributed by atoms with E-state index < -0.39 is 10.0 Å². The molecule has 8 heteroatoms. The number of aliphatic hydroxyl groups excluding tert-OH is 1. The Morgan fingerprint density at radius 1 is 1.33 bits per heavy atom. The largest absolute Gasteiger partial charge is 0.391 e. The van der Waals surface area contributed by atoms with E-state index in [1.165, 1.54) is 24.2 Å². The fraction of sp³-hybridized carbons (Fsp3) is 0.692. The summed E-state index contributed by atoms with van der Waals surface area (Å²) in [6, 6.07) is 1.94. The van der Waals surface area contributed by atoms with Gasteiger partial charge in [-0.05, 0) is 41.4 Å². The second kappa shape index (κ2) is 6.25. The molecule has 0 radical (unpaired) electrons. The molecular formula is C13H19BrN2O3S2. The van der Waals surface area contributed by atoms with E-state index in [2.05, 4.69) is 20.8 Å². The molecule has 21 heavy (non-hydrogen) atoms. The van der Waals surface area contributed by atoms with Gasteiger partial charge >= 0.3 is 0 Å². The lowest BCUT2D eigenvalue weighted by molar-refractivity contribution is 0.0851. The summed E-state index contributed by atoms with van der Waals surface area (Å²) >= 11 is 4.60. The molecule has 3 heterocycles. The lowest BCUT2D eigenvalue weighted by atomic mass is 10.0. The zero-order valence-electron chi connectivity index (χ0n) is 11.7. The fourth-order valence-corrected chi connectivity index (χ4v) is 7.10. The topological polar surface area (TPSA) is 60.9 Å². The van der Waals surface area contributed by atoms with Crippen LogP contribution in [0.1, 0.15) is 24.1 Å². The molecule has 1 N–H and O–H groups in total. The highest BCUT2D eigenvalue weighted by atomic mass is 79.9. The van der Waals surface area contributed by atoms with Crippen molar-refractivity contribution in [3.05, 3.63) is 14.7 Å². The highest BCUT2D eigenvalue weighted by Crippen LogP contribution is 2.34. The number of piperidine rings is 1. The monoisotopic (exact) mass is 394 g/mol. The quantitative estimate of drug-likeness (QED) is 0.849. The van der Waals surface area contributed by atoms with Crippen molar-refractivity contribution in [2.45, 2.75) is 36.8 Å². The van der Waals surface area contributed by atoms with Gasteiger partial charge in [0.05, 0.1) is 10.4 Å². The predicted octanol–water partition coefficient (Wildman–Crippen LogP) is 1.86. The van der Waals surface area contributed by atoms with Crippen molar-refractivity contribution in [2.75, 3.05) is 26.2 Å². The molecule has 2 aliphatic rings. The molecular weight excluding hydrogens is 376 g/mol. The summed E-state index contributed by atoms with van der Waals surface area (Å²) in [6.45, 7) is 2.91. The maximum absolute atomic E-state index is 12.8. The number of halogens is 1. The van der Waals surface area contributed by atoms with E-state index in [1.54, 1.807) is 10.4 Å². The maximum Gasteiger partial charge on any atom is 0.245 e. The van der Waals surface area contributed by atoms with Crippen molar-refractivity contribution in [1.82, 2.24) is 9.21 Å². The van der Waals surface area contributed by atoms with Gasteiger partial charge in [-0.1, -0.05) is 6.42 Å². The molecule has 3 rings (SSSR count). The van der Waals surface area contributed by atoms with Gasteiger partial charge in [-0.2, -0.15) is 4.31 Å². The van der Waals surface area contributed by atoms with Gasteiger partial charge in [-0.15, -0.1) is 11.3 Å². The van der Waals surface area contributed by atoms with E-state index in [9.17, 15) is 13.5 Å². The number of piperazine rings is 1. The van der Waals surface area contributed by atoms with E-state index in [-0.39, 0.29) is 6.61 Å². The highest BCUT2D eigenvalue weighted by Gasteiger charge is 2.36. The molecule has 5 nitrogen and oxygen atoms in total. The van der Waals surface area contributed by atoms with Crippen molar-refractivity contribution in [1.29, 1.82) is 0 Å². The summed E-state index contributed by atoms with van der Waals surface area (Å²) in [7, 11) is -3.47. The smallest absolute Gasteiger partial charge is 0.245 e. The normalized spacial score (nSPS) is 25.0.